The molecular formula is C13H19N3O4S. The highest BCUT2D eigenvalue weighted by Crippen LogP contribution is 2.20. The van der Waals surface area contributed by atoms with E-state index < -0.39 is 14.9 Å². The predicted molar refractivity (Wildman–Crippen MR) is 79.3 cm³/mol. The molecule has 21 heavy (non-hydrogen) atoms. The maximum absolute atomic E-state index is 12.1. The average Bonchev–Trinajstić information content (AvgIpc) is 2.46. The van der Waals surface area contributed by atoms with Gasteiger partial charge in [-0.25, -0.2) is 13.1 Å². The summed E-state index contributed by atoms with van der Waals surface area (Å²) < 4.78 is 26.7. The maximum Gasteiger partial charge on any atom is 0.273 e. The molecule has 0 atom stereocenters. The van der Waals surface area contributed by atoms with Gasteiger partial charge in [-0.3, -0.25) is 10.1 Å². The van der Waals surface area contributed by atoms with E-state index in [2.05, 4.69) is 10.0 Å². The van der Waals surface area contributed by atoms with Crippen LogP contribution in [-0.4, -0.2) is 33.0 Å². The lowest BCUT2D eigenvalue weighted by atomic mass is 9.99. The molecule has 7 nitrogen and oxygen atoms in total. The topological polar surface area (TPSA) is 101 Å². The highest BCUT2D eigenvalue weighted by Gasteiger charge is 2.21. The van der Waals surface area contributed by atoms with Gasteiger partial charge in [0.1, 0.15) is 0 Å². The Hall–Kier alpha value is -1.51. The van der Waals surface area contributed by atoms with Crippen LogP contribution in [0.4, 0.5) is 5.69 Å². The van der Waals surface area contributed by atoms with Gasteiger partial charge in [-0.15, -0.1) is 0 Å². The largest absolute Gasteiger partial charge is 0.317 e. The molecule has 0 saturated carbocycles. The normalized spacial score (nSPS) is 16.8. The van der Waals surface area contributed by atoms with Crippen molar-refractivity contribution in [1.29, 1.82) is 0 Å². The Kier molecular flexibility index (Phi) is 5.27. The molecule has 0 amide bonds. The Balaban J connectivity index is 1.99. The highest BCUT2D eigenvalue weighted by atomic mass is 32.2. The Bertz CT molecular complexity index is 597. The molecule has 0 aromatic heterocycles. The number of piperidine rings is 1. The lowest BCUT2D eigenvalue weighted by Crippen LogP contribution is -2.36. The zero-order chi connectivity index (χ0) is 15.3. The van der Waals surface area contributed by atoms with Gasteiger partial charge in [0.2, 0.25) is 10.0 Å². The zero-order valence-electron chi connectivity index (χ0n) is 11.6. The molecule has 8 heteroatoms. The third kappa shape index (κ3) is 4.76. The molecule has 2 rings (SSSR count). The molecule has 0 bridgehead atoms. The number of nitrogens with zero attached hydrogens (tertiary/aromatic N) is 1. The summed E-state index contributed by atoms with van der Waals surface area (Å²) in [6.07, 6.45) is 1.88. The summed E-state index contributed by atoms with van der Waals surface area (Å²) in [5.74, 6) is -0.0402. The van der Waals surface area contributed by atoms with Crippen molar-refractivity contribution in [3.8, 4) is 0 Å². The monoisotopic (exact) mass is 313 g/mol. The molecule has 1 aliphatic heterocycles. The van der Waals surface area contributed by atoms with Crippen LogP contribution in [-0.2, 0) is 15.8 Å². The van der Waals surface area contributed by atoms with Crippen molar-refractivity contribution in [2.75, 3.05) is 19.6 Å². The molecule has 116 valence electrons. The fourth-order valence-corrected chi connectivity index (χ4v) is 3.64. The average molecular weight is 313 g/mol. The summed E-state index contributed by atoms with van der Waals surface area (Å²) in [7, 11) is -3.56. The first-order chi connectivity index (χ1) is 9.98. The first-order valence-corrected chi connectivity index (χ1v) is 8.53. The van der Waals surface area contributed by atoms with Gasteiger partial charge >= 0.3 is 0 Å². The minimum Gasteiger partial charge on any atom is -0.317 e. The van der Waals surface area contributed by atoms with Crippen LogP contribution in [0.3, 0.4) is 0 Å². The molecule has 0 spiro atoms. The minimum atomic E-state index is -3.56. The van der Waals surface area contributed by atoms with E-state index in [0.717, 1.165) is 25.9 Å². The van der Waals surface area contributed by atoms with E-state index in [-0.39, 0.29) is 17.0 Å². The second kappa shape index (κ2) is 6.97. The molecule has 1 saturated heterocycles. The van der Waals surface area contributed by atoms with Crippen molar-refractivity contribution in [1.82, 2.24) is 10.0 Å². The summed E-state index contributed by atoms with van der Waals surface area (Å²) in [4.78, 5) is 10.3. The second-order valence-corrected chi connectivity index (χ2v) is 6.99. The molecule has 0 radical (unpaired) electrons. The van der Waals surface area contributed by atoms with E-state index in [1.54, 1.807) is 6.07 Å². The van der Waals surface area contributed by atoms with Crippen molar-refractivity contribution in [3.05, 3.63) is 39.9 Å². The van der Waals surface area contributed by atoms with E-state index in [9.17, 15) is 18.5 Å². The number of hydrogen-bond acceptors (Lipinski definition) is 5. The predicted octanol–water partition coefficient (Wildman–Crippen LogP) is 1.01. The molecule has 0 aliphatic carbocycles. The third-order valence-electron chi connectivity index (χ3n) is 3.58. The van der Waals surface area contributed by atoms with Gasteiger partial charge in [0, 0.05) is 18.2 Å². The van der Waals surface area contributed by atoms with E-state index in [4.69, 9.17) is 0 Å². The number of sulfonamides is 1. The summed E-state index contributed by atoms with van der Waals surface area (Å²) >= 11 is 0. The van der Waals surface area contributed by atoms with Crippen molar-refractivity contribution in [2.45, 2.75) is 18.6 Å². The number of benzene rings is 1. The van der Waals surface area contributed by atoms with Gasteiger partial charge in [0.25, 0.3) is 5.69 Å². The van der Waals surface area contributed by atoms with E-state index in [1.807, 2.05) is 0 Å². The highest BCUT2D eigenvalue weighted by molar-refractivity contribution is 7.88. The molecule has 0 unspecified atom stereocenters. The van der Waals surface area contributed by atoms with Crippen LogP contribution < -0.4 is 10.0 Å². The standard InChI is InChI=1S/C13H19N3O4S/c17-16(18)13-4-2-1-3-12(13)10-21(19,20)15-9-11-5-7-14-8-6-11/h1-4,11,14-15H,5-10H2. The summed E-state index contributed by atoms with van der Waals surface area (Å²) in [5, 5.41) is 14.1. The minimum absolute atomic E-state index is 0.162. The zero-order valence-corrected chi connectivity index (χ0v) is 12.4. The van der Waals surface area contributed by atoms with Crippen molar-refractivity contribution in [3.63, 3.8) is 0 Å². The van der Waals surface area contributed by atoms with Gasteiger partial charge in [0.15, 0.2) is 0 Å². The first kappa shape index (κ1) is 15.9. The number of nitro groups is 1. The fourth-order valence-electron chi connectivity index (χ4n) is 2.40. The van der Waals surface area contributed by atoms with Crippen LogP contribution in [0.15, 0.2) is 24.3 Å². The van der Waals surface area contributed by atoms with Gasteiger partial charge < -0.3 is 5.32 Å². The Labute approximate surface area is 123 Å². The number of nitro benzene ring substituents is 1. The van der Waals surface area contributed by atoms with E-state index in [0.29, 0.717) is 12.5 Å². The van der Waals surface area contributed by atoms with Gasteiger partial charge in [-0.05, 0) is 31.8 Å². The van der Waals surface area contributed by atoms with Crippen LogP contribution in [0.5, 0.6) is 0 Å². The summed E-state index contributed by atoms with van der Waals surface area (Å²) in [6, 6.07) is 5.92. The van der Waals surface area contributed by atoms with Crippen LogP contribution in [0.25, 0.3) is 0 Å². The van der Waals surface area contributed by atoms with E-state index >= 15 is 0 Å². The Morgan fingerprint density at radius 1 is 1.29 bits per heavy atom. The lowest BCUT2D eigenvalue weighted by molar-refractivity contribution is -0.385. The number of nitrogens with one attached hydrogen (secondary N) is 2. The SMILES string of the molecule is O=[N+]([O-])c1ccccc1CS(=O)(=O)NCC1CCNCC1. The van der Waals surface area contributed by atoms with Crippen LogP contribution in [0.2, 0.25) is 0 Å². The number of para-hydroxylation sites is 1. The fraction of sp³-hybridized carbons (Fsp3) is 0.538. The van der Waals surface area contributed by atoms with Crippen LogP contribution in [0, 0.1) is 16.0 Å². The lowest BCUT2D eigenvalue weighted by Gasteiger charge is -2.22. The molecule has 1 aliphatic rings. The summed E-state index contributed by atoms with van der Waals surface area (Å²) in [5.41, 5.74) is 0.0463. The van der Waals surface area contributed by atoms with Crippen LogP contribution in [0.1, 0.15) is 18.4 Å². The Morgan fingerprint density at radius 3 is 2.62 bits per heavy atom. The number of rotatable bonds is 6. The molecule has 2 N–H and O–H groups in total. The quantitative estimate of drug-likeness (QED) is 0.603. The molecule has 1 aromatic rings. The van der Waals surface area contributed by atoms with Gasteiger partial charge in [0.05, 0.1) is 10.7 Å². The molecule has 1 aromatic carbocycles. The molecular weight excluding hydrogens is 294 g/mol. The summed E-state index contributed by atoms with van der Waals surface area (Å²) in [6.45, 7) is 2.19. The van der Waals surface area contributed by atoms with E-state index in [1.165, 1.54) is 18.2 Å². The third-order valence-corrected chi connectivity index (χ3v) is 4.88. The van der Waals surface area contributed by atoms with Gasteiger partial charge in [-0.1, -0.05) is 18.2 Å². The van der Waals surface area contributed by atoms with Crippen molar-refractivity contribution >= 4 is 15.7 Å². The van der Waals surface area contributed by atoms with Crippen LogP contribution >= 0.6 is 0 Å². The molecule has 1 heterocycles. The first-order valence-electron chi connectivity index (χ1n) is 6.88. The molecule has 1 fully saturated rings. The van der Waals surface area contributed by atoms with Crippen molar-refractivity contribution in [2.24, 2.45) is 5.92 Å². The Morgan fingerprint density at radius 2 is 1.95 bits per heavy atom. The van der Waals surface area contributed by atoms with Gasteiger partial charge in [-0.2, -0.15) is 0 Å². The smallest absolute Gasteiger partial charge is 0.273 e. The van der Waals surface area contributed by atoms with Crippen molar-refractivity contribution < 1.29 is 13.3 Å². The second-order valence-electron chi connectivity index (χ2n) is 5.19. The number of hydrogen-bond donors (Lipinski definition) is 2. The maximum atomic E-state index is 12.1.